The predicted octanol–water partition coefficient (Wildman–Crippen LogP) is 2.81. The zero-order valence-corrected chi connectivity index (χ0v) is 18.9. The Bertz CT molecular complexity index is 1220. The van der Waals surface area contributed by atoms with Gasteiger partial charge in [-0.05, 0) is 37.3 Å². The number of esters is 2. The highest BCUT2D eigenvalue weighted by molar-refractivity contribution is 7.16. The van der Waals surface area contributed by atoms with Gasteiger partial charge >= 0.3 is 11.9 Å². The number of ether oxygens (including phenoxy) is 4. The van der Waals surface area contributed by atoms with Crippen molar-refractivity contribution in [1.29, 1.82) is 0 Å². The maximum atomic E-state index is 12.9. The lowest BCUT2D eigenvalue weighted by molar-refractivity contribution is -0.143. The number of fused-ring (bicyclic) bond motifs is 1. The molecule has 0 aliphatic carbocycles. The van der Waals surface area contributed by atoms with Crippen molar-refractivity contribution < 1.29 is 33.3 Å². The van der Waals surface area contributed by atoms with E-state index in [0.29, 0.717) is 27.3 Å². The number of hydrogen-bond donors (Lipinski definition) is 0. The summed E-state index contributed by atoms with van der Waals surface area (Å²) in [6.07, 6.45) is 0. The number of nitrogens with zero attached hydrogens (tertiary/aromatic N) is 2. The van der Waals surface area contributed by atoms with Crippen molar-refractivity contribution in [3.05, 3.63) is 52.3 Å². The van der Waals surface area contributed by atoms with Crippen molar-refractivity contribution in [2.24, 2.45) is 4.99 Å². The predicted molar refractivity (Wildman–Crippen MR) is 117 cm³/mol. The van der Waals surface area contributed by atoms with Gasteiger partial charge in [0.05, 0.1) is 43.7 Å². The summed E-state index contributed by atoms with van der Waals surface area (Å²) in [7, 11) is 4.26. The third-order valence-corrected chi connectivity index (χ3v) is 5.53. The minimum atomic E-state index is -0.542. The number of rotatable bonds is 7. The lowest BCUT2D eigenvalue weighted by atomic mass is 10.2. The molecule has 32 heavy (non-hydrogen) atoms. The maximum absolute atomic E-state index is 12.9. The molecule has 2 aromatic carbocycles. The average molecular weight is 458 g/mol. The first kappa shape index (κ1) is 23.0. The van der Waals surface area contributed by atoms with Gasteiger partial charge in [0.2, 0.25) is 0 Å². The Kier molecular flexibility index (Phi) is 7.26. The summed E-state index contributed by atoms with van der Waals surface area (Å²) in [5.74, 6) is -0.612. The topological polar surface area (TPSA) is 105 Å². The summed E-state index contributed by atoms with van der Waals surface area (Å²) in [4.78, 5) is 41.5. The molecule has 0 saturated heterocycles. The second-order valence-corrected chi connectivity index (χ2v) is 7.48. The van der Waals surface area contributed by atoms with Crippen LogP contribution in [0.1, 0.15) is 27.6 Å². The van der Waals surface area contributed by atoms with Crippen LogP contribution in [0.25, 0.3) is 10.2 Å². The third-order valence-electron chi connectivity index (χ3n) is 4.49. The summed E-state index contributed by atoms with van der Waals surface area (Å²) in [6, 6.07) is 9.63. The summed E-state index contributed by atoms with van der Waals surface area (Å²) < 4.78 is 22.5. The largest absolute Gasteiger partial charge is 0.497 e. The number of amides is 1. The van der Waals surface area contributed by atoms with E-state index in [0.717, 1.165) is 0 Å². The Balaban J connectivity index is 2.14. The van der Waals surface area contributed by atoms with E-state index in [9.17, 15) is 14.4 Å². The molecule has 0 spiro atoms. The van der Waals surface area contributed by atoms with Gasteiger partial charge in [0, 0.05) is 11.6 Å². The van der Waals surface area contributed by atoms with E-state index < -0.39 is 17.8 Å². The number of hydrogen-bond acceptors (Lipinski definition) is 8. The van der Waals surface area contributed by atoms with Crippen LogP contribution >= 0.6 is 11.3 Å². The number of thiazole rings is 1. The van der Waals surface area contributed by atoms with E-state index in [2.05, 4.69) is 4.99 Å². The lowest BCUT2D eigenvalue weighted by Gasteiger charge is -2.07. The molecule has 0 N–H and O–H groups in total. The zero-order valence-electron chi connectivity index (χ0n) is 18.0. The minimum Gasteiger partial charge on any atom is -0.497 e. The van der Waals surface area contributed by atoms with Gasteiger partial charge in [-0.3, -0.25) is 9.59 Å². The minimum absolute atomic E-state index is 0.140. The molecule has 0 saturated carbocycles. The Morgan fingerprint density at radius 1 is 0.969 bits per heavy atom. The van der Waals surface area contributed by atoms with Gasteiger partial charge in [0.25, 0.3) is 5.91 Å². The van der Waals surface area contributed by atoms with Crippen molar-refractivity contribution >= 4 is 39.4 Å². The first-order valence-electron chi connectivity index (χ1n) is 9.59. The Labute approximate surface area is 187 Å². The summed E-state index contributed by atoms with van der Waals surface area (Å²) in [6.45, 7) is 1.80. The van der Waals surface area contributed by atoms with Gasteiger partial charge in [-0.25, -0.2) is 4.79 Å². The highest BCUT2D eigenvalue weighted by Crippen LogP contribution is 2.24. The van der Waals surface area contributed by atoms with Gasteiger partial charge in [0.1, 0.15) is 18.0 Å². The summed E-state index contributed by atoms with van der Waals surface area (Å²) >= 11 is 1.17. The van der Waals surface area contributed by atoms with Gasteiger partial charge in [-0.15, -0.1) is 0 Å². The highest BCUT2D eigenvalue weighted by atomic mass is 32.1. The van der Waals surface area contributed by atoms with Crippen molar-refractivity contribution in [3.63, 3.8) is 0 Å². The Morgan fingerprint density at radius 3 is 2.25 bits per heavy atom. The van der Waals surface area contributed by atoms with Crippen LogP contribution in [0.3, 0.4) is 0 Å². The molecule has 0 atom stereocenters. The second kappa shape index (κ2) is 10.1. The normalized spacial score (nSPS) is 11.3. The highest BCUT2D eigenvalue weighted by Gasteiger charge is 2.16. The van der Waals surface area contributed by atoms with Gasteiger partial charge in [-0.2, -0.15) is 4.99 Å². The van der Waals surface area contributed by atoms with E-state index in [1.54, 1.807) is 47.9 Å². The zero-order chi connectivity index (χ0) is 23.3. The molecule has 0 unspecified atom stereocenters. The number of carbonyl (C=O) groups is 3. The van der Waals surface area contributed by atoms with Crippen LogP contribution < -0.4 is 14.3 Å². The van der Waals surface area contributed by atoms with Crippen LogP contribution in [0, 0.1) is 0 Å². The summed E-state index contributed by atoms with van der Waals surface area (Å²) in [5.41, 5.74) is 1.24. The van der Waals surface area contributed by atoms with Crippen LogP contribution in [-0.4, -0.2) is 50.3 Å². The van der Waals surface area contributed by atoms with Crippen LogP contribution in [0.15, 0.2) is 41.4 Å². The molecule has 1 heterocycles. The quantitative estimate of drug-likeness (QED) is 0.501. The maximum Gasteiger partial charge on any atom is 0.337 e. The Morgan fingerprint density at radius 2 is 1.66 bits per heavy atom. The van der Waals surface area contributed by atoms with Crippen molar-refractivity contribution in [3.8, 4) is 11.5 Å². The molecule has 1 amide bonds. The molecule has 0 bridgehead atoms. The van der Waals surface area contributed by atoms with E-state index in [1.807, 2.05) is 0 Å². The Hall–Kier alpha value is -3.66. The fraction of sp³-hybridized carbons (Fsp3) is 0.273. The van der Waals surface area contributed by atoms with E-state index in [4.69, 9.17) is 18.9 Å². The summed E-state index contributed by atoms with van der Waals surface area (Å²) in [5, 5.41) is 0. The monoisotopic (exact) mass is 458 g/mol. The van der Waals surface area contributed by atoms with Crippen molar-refractivity contribution in [2.75, 3.05) is 27.9 Å². The fourth-order valence-electron chi connectivity index (χ4n) is 2.97. The van der Waals surface area contributed by atoms with Crippen LogP contribution in [-0.2, 0) is 20.8 Å². The van der Waals surface area contributed by atoms with Gasteiger partial charge in [-0.1, -0.05) is 11.3 Å². The van der Waals surface area contributed by atoms with E-state index in [-0.39, 0.29) is 23.5 Å². The first-order chi connectivity index (χ1) is 15.4. The molecule has 1 aromatic heterocycles. The lowest BCUT2D eigenvalue weighted by Crippen LogP contribution is -2.23. The molecular weight excluding hydrogens is 436 g/mol. The van der Waals surface area contributed by atoms with Crippen LogP contribution in [0.4, 0.5) is 0 Å². The third kappa shape index (κ3) is 4.97. The van der Waals surface area contributed by atoms with Crippen molar-refractivity contribution in [1.82, 2.24) is 4.57 Å². The molecule has 3 rings (SSSR count). The van der Waals surface area contributed by atoms with Crippen molar-refractivity contribution in [2.45, 2.75) is 13.5 Å². The molecule has 9 nitrogen and oxygen atoms in total. The molecule has 0 aliphatic rings. The molecule has 0 radical (unpaired) electrons. The van der Waals surface area contributed by atoms with Gasteiger partial charge in [0.15, 0.2) is 4.80 Å². The molecular formula is C22H22N2O7S. The smallest absolute Gasteiger partial charge is 0.337 e. The molecule has 0 fully saturated rings. The molecule has 0 aliphatic heterocycles. The second-order valence-electron chi connectivity index (χ2n) is 6.47. The van der Waals surface area contributed by atoms with Crippen LogP contribution in [0.5, 0.6) is 11.5 Å². The molecule has 168 valence electrons. The number of methoxy groups -OCH3 is 3. The molecule has 3 aromatic rings. The number of aromatic nitrogens is 1. The number of benzene rings is 2. The fourth-order valence-corrected chi connectivity index (χ4v) is 4.04. The average Bonchev–Trinajstić information content (AvgIpc) is 3.13. The first-order valence-corrected chi connectivity index (χ1v) is 10.4. The van der Waals surface area contributed by atoms with E-state index >= 15 is 0 Å². The SMILES string of the molecule is CCOC(=O)Cn1c(=NC(=O)c2cc(OC)cc(OC)c2)sc2cc(C(=O)OC)ccc21. The van der Waals surface area contributed by atoms with Gasteiger partial charge < -0.3 is 23.5 Å². The van der Waals surface area contributed by atoms with Crippen LogP contribution in [0.2, 0.25) is 0 Å². The standard InChI is InChI=1S/C22H22N2O7S/c1-5-31-19(25)12-24-17-7-6-13(21(27)30-4)10-18(17)32-22(24)23-20(26)14-8-15(28-2)11-16(9-14)29-3/h6-11H,5,12H2,1-4H3. The molecule has 10 heteroatoms. The van der Waals surface area contributed by atoms with E-state index in [1.165, 1.54) is 32.7 Å². The number of carbonyl (C=O) groups excluding carboxylic acids is 3.